The summed E-state index contributed by atoms with van der Waals surface area (Å²) in [6.45, 7) is 3.01. The van der Waals surface area contributed by atoms with E-state index in [1.165, 1.54) is 0 Å². The molecule has 0 aromatic heterocycles. The maximum absolute atomic E-state index is 10.8. The molecule has 94 valence electrons. The molecule has 0 unspecified atom stereocenters. The van der Waals surface area contributed by atoms with E-state index in [4.69, 9.17) is 9.47 Å². The van der Waals surface area contributed by atoms with Crippen molar-refractivity contribution in [1.82, 2.24) is 5.32 Å². The third kappa shape index (κ3) is 4.44. The molecule has 0 bridgehead atoms. The monoisotopic (exact) mass is 237 g/mol. The third-order valence-electron chi connectivity index (χ3n) is 2.43. The maximum Gasteiger partial charge on any atom is 0.161 e. The van der Waals surface area contributed by atoms with E-state index in [1.807, 2.05) is 18.2 Å². The molecule has 0 fully saturated rings. The second kappa shape index (κ2) is 6.91. The minimum Gasteiger partial charge on any atom is -0.493 e. The average molecular weight is 237 g/mol. The molecule has 0 amide bonds. The van der Waals surface area contributed by atoms with Crippen LogP contribution in [-0.2, 0) is 11.3 Å². The molecule has 4 nitrogen and oxygen atoms in total. The molecule has 0 aliphatic heterocycles. The quantitative estimate of drug-likeness (QED) is 0.734. The molecule has 0 aliphatic carbocycles. The first-order chi connectivity index (χ1) is 8.17. The number of carbonyl (C=O) groups is 1. The zero-order valence-corrected chi connectivity index (χ0v) is 10.6. The highest BCUT2D eigenvalue weighted by Crippen LogP contribution is 2.27. The summed E-state index contributed by atoms with van der Waals surface area (Å²) in [5.74, 6) is 1.64. The summed E-state index contributed by atoms with van der Waals surface area (Å²) in [4.78, 5) is 10.8. The lowest BCUT2D eigenvalue weighted by atomic mass is 10.2. The van der Waals surface area contributed by atoms with Crippen LogP contribution in [0.1, 0.15) is 18.9 Å². The molecule has 0 saturated carbocycles. The van der Waals surface area contributed by atoms with Crippen molar-refractivity contribution in [3.63, 3.8) is 0 Å². The lowest BCUT2D eigenvalue weighted by molar-refractivity contribution is -0.116. The van der Waals surface area contributed by atoms with Crippen molar-refractivity contribution in [2.24, 2.45) is 0 Å². The summed E-state index contributed by atoms with van der Waals surface area (Å²) in [5, 5.41) is 3.20. The summed E-state index contributed by atoms with van der Waals surface area (Å²) in [7, 11) is 3.23. The van der Waals surface area contributed by atoms with E-state index in [0.29, 0.717) is 19.5 Å². The van der Waals surface area contributed by atoms with Crippen molar-refractivity contribution in [3.05, 3.63) is 23.8 Å². The van der Waals surface area contributed by atoms with Gasteiger partial charge in [0.05, 0.1) is 14.2 Å². The largest absolute Gasteiger partial charge is 0.493 e. The first kappa shape index (κ1) is 13.5. The van der Waals surface area contributed by atoms with Gasteiger partial charge in [0.15, 0.2) is 11.5 Å². The zero-order chi connectivity index (χ0) is 12.7. The summed E-state index contributed by atoms with van der Waals surface area (Å²) in [5.41, 5.74) is 1.10. The Morgan fingerprint density at radius 2 is 1.94 bits per heavy atom. The minimum absolute atomic E-state index is 0.199. The smallest absolute Gasteiger partial charge is 0.161 e. The van der Waals surface area contributed by atoms with Crippen molar-refractivity contribution in [2.45, 2.75) is 19.9 Å². The molecule has 0 heterocycles. The van der Waals surface area contributed by atoms with Gasteiger partial charge < -0.3 is 14.8 Å². The topological polar surface area (TPSA) is 47.6 Å². The van der Waals surface area contributed by atoms with Gasteiger partial charge in [-0.25, -0.2) is 0 Å². The van der Waals surface area contributed by atoms with Crippen LogP contribution in [-0.4, -0.2) is 26.5 Å². The molecule has 1 aromatic carbocycles. The number of hydrogen-bond acceptors (Lipinski definition) is 4. The van der Waals surface area contributed by atoms with Crippen LogP contribution >= 0.6 is 0 Å². The van der Waals surface area contributed by atoms with E-state index in [1.54, 1.807) is 21.1 Å². The molecule has 1 rings (SSSR count). The van der Waals surface area contributed by atoms with Crippen molar-refractivity contribution >= 4 is 5.78 Å². The van der Waals surface area contributed by atoms with E-state index in [2.05, 4.69) is 5.32 Å². The molecule has 0 radical (unpaired) electrons. The van der Waals surface area contributed by atoms with Gasteiger partial charge in [-0.15, -0.1) is 0 Å². The van der Waals surface area contributed by atoms with Gasteiger partial charge in [-0.2, -0.15) is 0 Å². The van der Waals surface area contributed by atoms with Crippen LogP contribution in [0.25, 0.3) is 0 Å². The lowest BCUT2D eigenvalue weighted by Gasteiger charge is -2.10. The Kier molecular flexibility index (Phi) is 5.49. The van der Waals surface area contributed by atoms with Gasteiger partial charge in [-0.3, -0.25) is 4.79 Å². The fraction of sp³-hybridized carbons (Fsp3) is 0.462. The van der Waals surface area contributed by atoms with Gasteiger partial charge in [-0.1, -0.05) is 6.07 Å². The molecular weight excluding hydrogens is 218 g/mol. The maximum atomic E-state index is 10.8. The summed E-state index contributed by atoms with van der Waals surface area (Å²) in [6.07, 6.45) is 0.563. The number of carbonyl (C=O) groups excluding carboxylic acids is 1. The predicted octanol–water partition coefficient (Wildman–Crippen LogP) is 1.77. The highest BCUT2D eigenvalue weighted by atomic mass is 16.5. The number of methoxy groups -OCH3 is 2. The Balaban J connectivity index is 2.51. The Labute approximate surface area is 102 Å². The van der Waals surface area contributed by atoms with Gasteiger partial charge in [-0.05, 0) is 24.6 Å². The summed E-state index contributed by atoms with van der Waals surface area (Å²) >= 11 is 0. The number of Topliss-reactive ketones (excluding diaryl/α,β-unsaturated/α-hetero) is 1. The molecule has 0 atom stereocenters. The Bertz CT molecular complexity index is 377. The lowest BCUT2D eigenvalue weighted by Crippen LogP contribution is -2.16. The Morgan fingerprint density at radius 1 is 1.24 bits per heavy atom. The molecule has 0 spiro atoms. The number of benzene rings is 1. The fourth-order valence-electron chi connectivity index (χ4n) is 1.49. The highest BCUT2D eigenvalue weighted by Gasteiger charge is 2.04. The van der Waals surface area contributed by atoms with Crippen molar-refractivity contribution in [1.29, 1.82) is 0 Å². The van der Waals surface area contributed by atoms with E-state index in [9.17, 15) is 4.79 Å². The molecule has 0 aliphatic rings. The number of rotatable bonds is 7. The van der Waals surface area contributed by atoms with E-state index in [0.717, 1.165) is 17.1 Å². The van der Waals surface area contributed by atoms with Gasteiger partial charge in [0.1, 0.15) is 5.78 Å². The van der Waals surface area contributed by atoms with E-state index in [-0.39, 0.29) is 5.78 Å². The molecular formula is C13H19NO3. The van der Waals surface area contributed by atoms with Crippen molar-refractivity contribution < 1.29 is 14.3 Å². The van der Waals surface area contributed by atoms with Crippen LogP contribution in [0.15, 0.2) is 18.2 Å². The normalized spacial score (nSPS) is 10.1. The predicted molar refractivity (Wildman–Crippen MR) is 66.6 cm³/mol. The van der Waals surface area contributed by atoms with E-state index >= 15 is 0 Å². The van der Waals surface area contributed by atoms with Crippen molar-refractivity contribution in [3.8, 4) is 11.5 Å². The van der Waals surface area contributed by atoms with Gasteiger partial charge in [0, 0.05) is 19.5 Å². The third-order valence-corrected chi connectivity index (χ3v) is 2.43. The standard InChI is InChI=1S/C13H19NO3/c1-10(15)6-7-14-9-11-4-5-12(16-2)13(8-11)17-3/h4-5,8,14H,6-7,9H2,1-3H3. The number of nitrogens with one attached hydrogen (secondary N) is 1. The first-order valence-electron chi connectivity index (χ1n) is 5.58. The first-order valence-corrected chi connectivity index (χ1v) is 5.58. The summed E-state index contributed by atoms with van der Waals surface area (Å²) < 4.78 is 10.4. The van der Waals surface area contributed by atoms with Crippen LogP contribution < -0.4 is 14.8 Å². The van der Waals surface area contributed by atoms with Crippen LogP contribution in [0.4, 0.5) is 0 Å². The van der Waals surface area contributed by atoms with Crippen molar-refractivity contribution in [2.75, 3.05) is 20.8 Å². The van der Waals surface area contributed by atoms with Crippen LogP contribution in [0.2, 0.25) is 0 Å². The van der Waals surface area contributed by atoms with Gasteiger partial charge in [0.25, 0.3) is 0 Å². The van der Waals surface area contributed by atoms with Crippen LogP contribution in [0, 0.1) is 0 Å². The Hall–Kier alpha value is -1.55. The number of hydrogen-bond donors (Lipinski definition) is 1. The molecule has 1 aromatic rings. The average Bonchev–Trinajstić information content (AvgIpc) is 2.34. The second-order valence-electron chi connectivity index (χ2n) is 3.82. The molecule has 17 heavy (non-hydrogen) atoms. The van der Waals surface area contributed by atoms with Crippen LogP contribution in [0.5, 0.6) is 11.5 Å². The molecule has 4 heteroatoms. The Morgan fingerprint density at radius 3 is 2.53 bits per heavy atom. The summed E-state index contributed by atoms with van der Waals surface area (Å²) in [6, 6.07) is 5.78. The number of ketones is 1. The van der Waals surface area contributed by atoms with Gasteiger partial charge in [0.2, 0.25) is 0 Å². The van der Waals surface area contributed by atoms with E-state index < -0.39 is 0 Å². The van der Waals surface area contributed by atoms with Crippen LogP contribution in [0.3, 0.4) is 0 Å². The molecule has 0 saturated heterocycles. The highest BCUT2D eigenvalue weighted by molar-refractivity contribution is 5.75. The fourth-order valence-corrected chi connectivity index (χ4v) is 1.49. The second-order valence-corrected chi connectivity index (χ2v) is 3.82. The number of ether oxygens (including phenoxy) is 2. The van der Waals surface area contributed by atoms with Gasteiger partial charge >= 0.3 is 0 Å². The zero-order valence-electron chi connectivity index (χ0n) is 10.6. The minimum atomic E-state index is 0.199. The SMILES string of the molecule is COc1ccc(CNCCC(C)=O)cc1OC. The molecule has 1 N–H and O–H groups in total.